The third-order valence-electron chi connectivity index (χ3n) is 5.18. The van der Waals surface area contributed by atoms with Crippen LogP contribution in [0.2, 0.25) is 5.15 Å². The van der Waals surface area contributed by atoms with Gasteiger partial charge in [-0.25, -0.2) is 9.97 Å². The van der Waals surface area contributed by atoms with Crippen molar-refractivity contribution in [3.05, 3.63) is 71.9 Å². The molecular formula is C24H29ClN4OS. The Morgan fingerprint density at radius 1 is 1.16 bits per heavy atom. The molecule has 1 N–H and O–H groups in total. The molecule has 1 aromatic carbocycles. The lowest BCUT2D eigenvalue weighted by atomic mass is 9.95. The van der Waals surface area contributed by atoms with E-state index in [-0.39, 0.29) is 5.91 Å². The number of nitrogens with one attached hydrogen (secondary N) is 1. The van der Waals surface area contributed by atoms with Gasteiger partial charge in [0.15, 0.2) is 5.16 Å². The standard InChI is InChI=1S/C24H29ClN4OS/c1-3-13-29(14-4-2)22-16-21(25)27-24(28-22)31-17-18-9-8-10-19(15-18)23(30)26-20-11-6-5-7-12-20/h3-4,8-10,15-16,20H,1-2,5-7,11-14,17H2,(H,26,30). The summed E-state index contributed by atoms with van der Waals surface area (Å²) in [5.41, 5.74) is 1.74. The fourth-order valence-corrected chi connectivity index (χ4v) is 4.68. The normalized spacial score (nSPS) is 14.1. The molecule has 0 unspecified atom stereocenters. The number of hydrogen-bond donors (Lipinski definition) is 1. The van der Waals surface area contributed by atoms with Gasteiger partial charge in [0.2, 0.25) is 0 Å². The highest BCUT2D eigenvalue weighted by atomic mass is 35.5. The van der Waals surface area contributed by atoms with Crippen LogP contribution in [0.3, 0.4) is 0 Å². The summed E-state index contributed by atoms with van der Waals surface area (Å²) in [6.07, 6.45) is 9.44. The van der Waals surface area contributed by atoms with Crippen LogP contribution in [0.15, 0.2) is 60.8 Å². The Kier molecular flexibility index (Phi) is 8.98. The number of thioether (sulfide) groups is 1. The molecule has 1 amide bonds. The van der Waals surface area contributed by atoms with E-state index in [1.165, 1.54) is 31.0 Å². The molecule has 3 rings (SSSR count). The molecule has 2 aromatic rings. The Labute approximate surface area is 194 Å². The summed E-state index contributed by atoms with van der Waals surface area (Å²) in [4.78, 5) is 23.7. The zero-order valence-corrected chi connectivity index (χ0v) is 19.3. The van der Waals surface area contributed by atoms with Gasteiger partial charge in [-0.15, -0.1) is 13.2 Å². The van der Waals surface area contributed by atoms with Crippen molar-refractivity contribution in [2.24, 2.45) is 0 Å². The number of nitrogens with zero attached hydrogens (tertiary/aromatic N) is 3. The third kappa shape index (κ3) is 7.11. The van der Waals surface area contributed by atoms with Crippen molar-refractivity contribution in [3.63, 3.8) is 0 Å². The summed E-state index contributed by atoms with van der Waals surface area (Å²) >= 11 is 7.73. The van der Waals surface area contributed by atoms with Gasteiger partial charge < -0.3 is 10.2 Å². The number of amides is 1. The highest BCUT2D eigenvalue weighted by Crippen LogP contribution is 2.25. The van der Waals surface area contributed by atoms with Crippen molar-refractivity contribution in [1.29, 1.82) is 0 Å². The summed E-state index contributed by atoms with van der Waals surface area (Å²) in [7, 11) is 0. The number of rotatable bonds is 10. The Hall–Kier alpha value is -2.31. The molecule has 1 aromatic heterocycles. The molecule has 5 nitrogen and oxygen atoms in total. The fraction of sp³-hybridized carbons (Fsp3) is 0.375. The second-order valence-corrected chi connectivity index (χ2v) is 8.94. The van der Waals surface area contributed by atoms with Gasteiger partial charge in [0, 0.05) is 36.5 Å². The predicted molar refractivity (Wildman–Crippen MR) is 130 cm³/mol. The Bertz CT molecular complexity index is 904. The lowest BCUT2D eigenvalue weighted by Crippen LogP contribution is -2.36. The first-order valence-electron chi connectivity index (χ1n) is 10.6. The summed E-state index contributed by atoms with van der Waals surface area (Å²) in [5.74, 6) is 1.39. The van der Waals surface area contributed by atoms with Gasteiger partial charge in [0.1, 0.15) is 11.0 Å². The van der Waals surface area contributed by atoms with Crippen LogP contribution in [0.4, 0.5) is 5.82 Å². The van der Waals surface area contributed by atoms with E-state index in [2.05, 4.69) is 28.4 Å². The quantitative estimate of drug-likeness (QED) is 0.216. The van der Waals surface area contributed by atoms with Gasteiger partial charge in [-0.3, -0.25) is 4.79 Å². The van der Waals surface area contributed by atoms with Crippen molar-refractivity contribution in [1.82, 2.24) is 15.3 Å². The van der Waals surface area contributed by atoms with E-state index in [1.54, 1.807) is 6.07 Å². The van der Waals surface area contributed by atoms with E-state index in [4.69, 9.17) is 11.6 Å². The van der Waals surface area contributed by atoms with Crippen molar-refractivity contribution < 1.29 is 4.79 Å². The van der Waals surface area contributed by atoms with E-state index in [0.29, 0.717) is 40.8 Å². The van der Waals surface area contributed by atoms with Crippen molar-refractivity contribution >= 4 is 35.1 Å². The zero-order valence-electron chi connectivity index (χ0n) is 17.7. The Morgan fingerprint density at radius 3 is 2.61 bits per heavy atom. The maximum Gasteiger partial charge on any atom is 0.251 e. The highest BCUT2D eigenvalue weighted by molar-refractivity contribution is 7.98. The number of carbonyl (C=O) groups excluding carboxylic acids is 1. The van der Waals surface area contributed by atoms with Crippen LogP contribution in [0, 0.1) is 0 Å². The average molecular weight is 457 g/mol. The van der Waals surface area contributed by atoms with E-state index in [1.807, 2.05) is 41.3 Å². The fourth-order valence-electron chi connectivity index (χ4n) is 3.65. The molecule has 31 heavy (non-hydrogen) atoms. The minimum Gasteiger partial charge on any atom is -0.349 e. The maximum atomic E-state index is 12.6. The van der Waals surface area contributed by atoms with Gasteiger partial charge in [-0.05, 0) is 30.5 Å². The molecule has 0 spiro atoms. The largest absolute Gasteiger partial charge is 0.349 e. The van der Waals surface area contributed by atoms with Crippen LogP contribution < -0.4 is 10.2 Å². The SMILES string of the molecule is C=CCN(CC=C)c1cc(Cl)nc(SCc2cccc(C(=O)NC3CCCCC3)c2)n1. The molecule has 1 fully saturated rings. The minimum atomic E-state index is 0.00420. The van der Waals surface area contributed by atoms with Gasteiger partial charge >= 0.3 is 0 Å². The molecular weight excluding hydrogens is 428 g/mol. The molecule has 1 aliphatic rings. The summed E-state index contributed by atoms with van der Waals surface area (Å²) in [6, 6.07) is 9.78. The molecule has 0 atom stereocenters. The first kappa shape index (κ1) is 23.4. The molecule has 7 heteroatoms. The molecule has 1 aliphatic carbocycles. The Morgan fingerprint density at radius 2 is 1.90 bits per heavy atom. The number of anilines is 1. The van der Waals surface area contributed by atoms with Crippen LogP contribution in [-0.2, 0) is 5.75 Å². The first-order chi connectivity index (χ1) is 15.1. The number of carbonyl (C=O) groups is 1. The second-order valence-electron chi connectivity index (χ2n) is 7.61. The van der Waals surface area contributed by atoms with E-state index in [0.717, 1.165) is 24.2 Å². The number of halogens is 1. The molecule has 164 valence electrons. The lowest BCUT2D eigenvalue weighted by molar-refractivity contribution is 0.0927. The molecule has 0 radical (unpaired) electrons. The predicted octanol–water partition coefficient (Wildman–Crippen LogP) is 5.66. The van der Waals surface area contributed by atoms with Crippen LogP contribution in [-0.4, -0.2) is 35.0 Å². The van der Waals surface area contributed by atoms with Crippen LogP contribution in [0.5, 0.6) is 0 Å². The molecule has 1 saturated carbocycles. The van der Waals surface area contributed by atoms with E-state index >= 15 is 0 Å². The van der Waals surface area contributed by atoms with Crippen LogP contribution in [0.1, 0.15) is 48.0 Å². The third-order valence-corrected chi connectivity index (χ3v) is 6.29. The lowest BCUT2D eigenvalue weighted by Gasteiger charge is -2.22. The zero-order chi connectivity index (χ0) is 22.1. The van der Waals surface area contributed by atoms with Crippen molar-refractivity contribution in [2.75, 3.05) is 18.0 Å². The van der Waals surface area contributed by atoms with Gasteiger partial charge in [-0.1, -0.05) is 66.9 Å². The van der Waals surface area contributed by atoms with Crippen molar-refractivity contribution in [3.8, 4) is 0 Å². The molecule has 0 aliphatic heterocycles. The van der Waals surface area contributed by atoms with Gasteiger partial charge in [0.05, 0.1) is 0 Å². The molecule has 1 heterocycles. The Balaban J connectivity index is 1.65. The van der Waals surface area contributed by atoms with Crippen LogP contribution in [0.25, 0.3) is 0 Å². The smallest absolute Gasteiger partial charge is 0.251 e. The average Bonchev–Trinajstić information content (AvgIpc) is 2.78. The second kappa shape index (κ2) is 11.9. The monoisotopic (exact) mass is 456 g/mol. The molecule has 0 bridgehead atoms. The summed E-state index contributed by atoms with van der Waals surface area (Å²) < 4.78 is 0. The van der Waals surface area contributed by atoms with Crippen LogP contribution >= 0.6 is 23.4 Å². The summed E-state index contributed by atoms with van der Waals surface area (Å²) in [6.45, 7) is 8.88. The summed E-state index contributed by atoms with van der Waals surface area (Å²) in [5, 5.41) is 4.17. The van der Waals surface area contributed by atoms with Gasteiger partial charge in [0.25, 0.3) is 5.91 Å². The number of benzene rings is 1. The molecule has 0 saturated heterocycles. The first-order valence-corrected chi connectivity index (χ1v) is 12.0. The van der Waals surface area contributed by atoms with Gasteiger partial charge in [-0.2, -0.15) is 0 Å². The van der Waals surface area contributed by atoms with E-state index in [9.17, 15) is 4.79 Å². The highest BCUT2D eigenvalue weighted by Gasteiger charge is 2.17. The number of aromatic nitrogens is 2. The van der Waals surface area contributed by atoms with E-state index < -0.39 is 0 Å². The number of hydrogen-bond acceptors (Lipinski definition) is 5. The van der Waals surface area contributed by atoms with Crippen molar-refractivity contribution in [2.45, 2.75) is 49.1 Å². The minimum absolute atomic E-state index is 0.00420. The topological polar surface area (TPSA) is 58.1 Å². The maximum absolute atomic E-state index is 12.6.